The number of benzene rings is 1. The van der Waals surface area contributed by atoms with Gasteiger partial charge in [-0.15, -0.1) is 0 Å². The summed E-state index contributed by atoms with van der Waals surface area (Å²) in [4.78, 5) is 4.77. The molecule has 0 atom stereocenters. The average Bonchev–Trinajstić information content (AvgIpc) is 2.34. The van der Waals surface area contributed by atoms with Gasteiger partial charge >= 0.3 is 0 Å². The summed E-state index contributed by atoms with van der Waals surface area (Å²) in [6.07, 6.45) is 0. The molecule has 1 N–H and O–H groups in total. The summed E-state index contributed by atoms with van der Waals surface area (Å²) in [5.74, 6) is 0.420. The third-order valence-electron chi connectivity index (χ3n) is 3.23. The molecule has 1 aromatic carbocycles. The molecule has 0 radical (unpaired) electrons. The van der Waals surface area contributed by atoms with Crippen LogP contribution in [0.3, 0.4) is 0 Å². The van der Waals surface area contributed by atoms with Crippen molar-refractivity contribution in [1.82, 2.24) is 10.3 Å². The van der Waals surface area contributed by atoms with Crippen LogP contribution in [0.25, 0.3) is 10.9 Å². The van der Waals surface area contributed by atoms with Crippen LogP contribution < -0.4 is 5.32 Å². The average molecular weight is 263 g/mol. The second-order valence-electron chi connectivity index (χ2n) is 4.96. The Morgan fingerprint density at radius 1 is 1.33 bits per heavy atom. The van der Waals surface area contributed by atoms with Crippen molar-refractivity contribution in [3.8, 4) is 0 Å². The first-order valence-corrected chi connectivity index (χ1v) is 6.65. The number of rotatable bonds is 3. The molecule has 1 aromatic heterocycles. The molecule has 0 spiro atoms. The minimum absolute atomic E-state index is 0.420. The fourth-order valence-corrected chi connectivity index (χ4v) is 2.28. The van der Waals surface area contributed by atoms with Gasteiger partial charge in [0.25, 0.3) is 0 Å². The van der Waals surface area contributed by atoms with Gasteiger partial charge in [-0.2, -0.15) is 0 Å². The zero-order valence-electron chi connectivity index (χ0n) is 11.3. The van der Waals surface area contributed by atoms with Crippen LogP contribution in [0.2, 0.25) is 5.02 Å². The standard InChI is InChI=1S/C15H19ClN2/c1-9(2)14-7-11(8-17-4)12-5-6-13(16)10(3)15(12)18-14/h5-7,9,17H,8H2,1-4H3. The van der Waals surface area contributed by atoms with Crippen LogP contribution in [-0.4, -0.2) is 12.0 Å². The van der Waals surface area contributed by atoms with Crippen molar-refractivity contribution in [1.29, 1.82) is 0 Å². The van der Waals surface area contributed by atoms with E-state index in [9.17, 15) is 0 Å². The SMILES string of the molecule is CNCc1cc(C(C)C)nc2c(C)c(Cl)ccc12. The van der Waals surface area contributed by atoms with Crippen LogP contribution >= 0.6 is 11.6 Å². The van der Waals surface area contributed by atoms with Gasteiger partial charge in [0.15, 0.2) is 0 Å². The molecule has 0 aliphatic rings. The Morgan fingerprint density at radius 3 is 2.67 bits per heavy atom. The van der Waals surface area contributed by atoms with Gasteiger partial charge in [-0.05, 0) is 43.1 Å². The summed E-state index contributed by atoms with van der Waals surface area (Å²) in [5.41, 5.74) is 4.50. The number of hydrogen-bond acceptors (Lipinski definition) is 2. The van der Waals surface area contributed by atoms with Gasteiger partial charge in [0.1, 0.15) is 0 Å². The van der Waals surface area contributed by atoms with Crippen molar-refractivity contribution >= 4 is 22.5 Å². The summed E-state index contributed by atoms with van der Waals surface area (Å²) in [6, 6.07) is 6.21. The first-order chi connectivity index (χ1) is 8.54. The molecular formula is C15H19ClN2. The lowest BCUT2D eigenvalue weighted by molar-refractivity contribution is 0.798. The van der Waals surface area contributed by atoms with Crippen molar-refractivity contribution in [2.45, 2.75) is 33.2 Å². The number of nitrogens with one attached hydrogen (secondary N) is 1. The predicted molar refractivity (Wildman–Crippen MR) is 78.3 cm³/mol. The van der Waals surface area contributed by atoms with Crippen molar-refractivity contribution in [3.05, 3.63) is 40.0 Å². The minimum Gasteiger partial charge on any atom is -0.316 e. The number of pyridine rings is 1. The number of aromatic nitrogens is 1. The molecule has 2 rings (SSSR count). The van der Waals surface area contributed by atoms with Crippen molar-refractivity contribution in [3.63, 3.8) is 0 Å². The maximum absolute atomic E-state index is 6.19. The van der Waals surface area contributed by atoms with E-state index in [0.29, 0.717) is 5.92 Å². The molecule has 0 bridgehead atoms. The zero-order valence-corrected chi connectivity index (χ0v) is 12.1. The lowest BCUT2D eigenvalue weighted by Crippen LogP contribution is -2.08. The molecular weight excluding hydrogens is 244 g/mol. The van der Waals surface area contributed by atoms with E-state index in [4.69, 9.17) is 16.6 Å². The molecule has 0 fully saturated rings. The number of nitrogens with zero attached hydrogens (tertiary/aromatic N) is 1. The molecule has 2 aromatic rings. The highest BCUT2D eigenvalue weighted by molar-refractivity contribution is 6.32. The molecule has 18 heavy (non-hydrogen) atoms. The van der Waals surface area contributed by atoms with E-state index in [1.807, 2.05) is 20.0 Å². The van der Waals surface area contributed by atoms with Gasteiger partial charge in [-0.1, -0.05) is 31.5 Å². The smallest absolute Gasteiger partial charge is 0.0752 e. The highest BCUT2D eigenvalue weighted by Crippen LogP contribution is 2.28. The lowest BCUT2D eigenvalue weighted by Gasteiger charge is -2.13. The highest BCUT2D eigenvalue weighted by atomic mass is 35.5. The number of hydrogen-bond donors (Lipinski definition) is 1. The third-order valence-corrected chi connectivity index (χ3v) is 3.64. The number of fused-ring (bicyclic) bond motifs is 1. The fraction of sp³-hybridized carbons (Fsp3) is 0.400. The fourth-order valence-electron chi connectivity index (χ4n) is 2.13. The number of aryl methyl sites for hydroxylation is 1. The van der Waals surface area contributed by atoms with Crippen LogP contribution in [0, 0.1) is 6.92 Å². The molecule has 0 aliphatic carbocycles. The Labute approximate surface area is 113 Å². The van der Waals surface area contributed by atoms with E-state index in [2.05, 4.69) is 31.3 Å². The molecule has 0 saturated carbocycles. The normalized spacial score (nSPS) is 11.4. The lowest BCUT2D eigenvalue weighted by atomic mass is 10.0. The second-order valence-corrected chi connectivity index (χ2v) is 5.37. The quantitative estimate of drug-likeness (QED) is 0.903. The first-order valence-electron chi connectivity index (χ1n) is 6.27. The van der Waals surface area contributed by atoms with E-state index in [-0.39, 0.29) is 0 Å². The largest absolute Gasteiger partial charge is 0.316 e. The van der Waals surface area contributed by atoms with E-state index in [1.165, 1.54) is 10.9 Å². The maximum Gasteiger partial charge on any atom is 0.0752 e. The van der Waals surface area contributed by atoms with Crippen LogP contribution in [-0.2, 0) is 6.54 Å². The molecule has 2 nitrogen and oxygen atoms in total. The zero-order chi connectivity index (χ0) is 13.3. The number of halogens is 1. The molecule has 0 amide bonds. The summed E-state index contributed by atoms with van der Waals surface area (Å²) >= 11 is 6.19. The van der Waals surface area contributed by atoms with E-state index >= 15 is 0 Å². The Bertz CT molecular complexity index is 576. The van der Waals surface area contributed by atoms with Gasteiger partial charge < -0.3 is 5.32 Å². The highest BCUT2D eigenvalue weighted by Gasteiger charge is 2.11. The maximum atomic E-state index is 6.19. The van der Waals surface area contributed by atoms with E-state index < -0.39 is 0 Å². The molecule has 96 valence electrons. The minimum atomic E-state index is 0.420. The van der Waals surface area contributed by atoms with Gasteiger partial charge in [-0.3, -0.25) is 4.98 Å². The summed E-state index contributed by atoms with van der Waals surface area (Å²) in [7, 11) is 1.96. The molecule has 0 saturated heterocycles. The van der Waals surface area contributed by atoms with Crippen LogP contribution in [0.4, 0.5) is 0 Å². The van der Waals surface area contributed by atoms with E-state index in [0.717, 1.165) is 28.3 Å². The molecule has 3 heteroatoms. The predicted octanol–water partition coefficient (Wildman–Crippen LogP) is 4.04. The Balaban J connectivity index is 2.77. The van der Waals surface area contributed by atoms with Crippen molar-refractivity contribution < 1.29 is 0 Å². The Hall–Kier alpha value is -1.12. The Kier molecular flexibility index (Phi) is 3.88. The van der Waals surface area contributed by atoms with Gasteiger partial charge in [0.05, 0.1) is 5.52 Å². The molecule has 1 heterocycles. The van der Waals surface area contributed by atoms with E-state index in [1.54, 1.807) is 0 Å². The second kappa shape index (κ2) is 5.25. The van der Waals surface area contributed by atoms with Gasteiger partial charge in [-0.25, -0.2) is 0 Å². The topological polar surface area (TPSA) is 24.9 Å². The molecule has 0 unspecified atom stereocenters. The van der Waals surface area contributed by atoms with Crippen LogP contribution in [0.15, 0.2) is 18.2 Å². The third kappa shape index (κ3) is 2.36. The van der Waals surface area contributed by atoms with Crippen molar-refractivity contribution in [2.75, 3.05) is 7.05 Å². The molecule has 0 aliphatic heterocycles. The monoisotopic (exact) mass is 262 g/mol. The van der Waals surface area contributed by atoms with Crippen molar-refractivity contribution in [2.24, 2.45) is 0 Å². The summed E-state index contributed by atoms with van der Waals surface area (Å²) < 4.78 is 0. The van der Waals surface area contributed by atoms with Gasteiger partial charge in [0.2, 0.25) is 0 Å². The van der Waals surface area contributed by atoms with Gasteiger partial charge in [0, 0.05) is 22.6 Å². The summed E-state index contributed by atoms with van der Waals surface area (Å²) in [6.45, 7) is 7.21. The van der Waals surface area contributed by atoms with Crippen LogP contribution in [0.5, 0.6) is 0 Å². The summed E-state index contributed by atoms with van der Waals surface area (Å²) in [5, 5.41) is 5.19. The first kappa shape index (κ1) is 13.3. The Morgan fingerprint density at radius 2 is 2.06 bits per heavy atom. The van der Waals surface area contributed by atoms with Crippen LogP contribution in [0.1, 0.15) is 36.6 Å².